The summed E-state index contributed by atoms with van der Waals surface area (Å²) in [7, 11) is 0. The molecule has 9 heteroatoms. The number of carbonyl (C=O) groups excluding carboxylic acids is 3. The standard InChI is InChI=1S/C31H26N4O5/c1-16-5-4-7-20-27(16)33-30(38)31(20)26-25(22(34-31)13-17-15-32-21-8-3-2-6-19(17)21)28(36)35(29(26)37)18-9-10-23-24(14-18)40-12-11-39-23/h2-10,14-15,22,25-26,32,34H,11-13H2,1H3,(H,33,38)/t22-,25+,26-,31-/m0/s1. The minimum Gasteiger partial charge on any atom is -0.486 e. The maximum Gasteiger partial charge on any atom is 0.250 e. The van der Waals surface area contributed by atoms with Gasteiger partial charge in [0.15, 0.2) is 11.5 Å². The Morgan fingerprint density at radius 2 is 1.77 bits per heavy atom. The minimum absolute atomic E-state index is 0.307. The Kier molecular flexibility index (Phi) is 4.76. The molecule has 3 amide bonds. The van der Waals surface area contributed by atoms with E-state index in [1.54, 1.807) is 18.2 Å². The van der Waals surface area contributed by atoms with E-state index in [9.17, 15) is 14.4 Å². The van der Waals surface area contributed by atoms with Crippen molar-refractivity contribution in [1.29, 1.82) is 0 Å². The molecule has 3 N–H and O–H groups in total. The number of anilines is 2. The van der Waals surface area contributed by atoms with Crippen LogP contribution in [-0.4, -0.2) is 42.0 Å². The van der Waals surface area contributed by atoms with Gasteiger partial charge in [0.05, 0.1) is 17.5 Å². The molecule has 0 aliphatic carbocycles. The predicted molar refractivity (Wildman–Crippen MR) is 147 cm³/mol. The SMILES string of the molecule is Cc1cccc2c1NC(=O)[C@]21N[C@@H](Cc2c[nH]c3ccccc23)[C@H]2C(=O)N(c3ccc4c(c3)OCCO4)C(=O)[C@H]21. The monoisotopic (exact) mass is 534 g/mol. The van der Waals surface area contributed by atoms with Crippen molar-refractivity contribution in [3.8, 4) is 11.5 Å². The highest BCUT2D eigenvalue weighted by atomic mass is 16.6. The summed E-state index contributed by atoms with van der Waals surface area (Å²) >= 11 is 0. The number of carbonyl (C=O) groups is 3. The molecular weight excluding hydrogens is 508 g/mol. The van der Waals surface area contributed by atoms with Crippen LogP contribution in [0.2, 0.25) is 0 Å². The van der Waals surface area contributed by atoms with Gasteiger partial charge >= 0.3 is 0 Å². The predicted octanol–water partition coefficient (Wildman–Crippen LogP) is 3.42. The molecule has 3 aromatic carbocycles. The topological polar surface area (TPSA) is 113 Å². The summed E-state index contributed by atoms with van der Waals surface area (Å²) in [5.41, 5.74) is 3.37. The third-order valence-corrected chi connectivity index (χ3v) is 8.86. The third kappa shape index (κ3) is 2.98. The fraction of sp³-hybridized carbons (Fsp3) is 0.258. The van der Waals surface area contributed by atoms with Crippen LogP contribution < -0.4 is 25.0 Å². The lowest BCUT2D eigenvalue weighted by molar-refractivity contribution is -0.130. The van der Waals surface area contributed by atoms with Crippen molar-refractivity contribution < 1.29 is 23.9 Å². The number of nitrogens with one attached hydrogen (secondary N) is 3. The van der Waals surface area contributed by atoms with Gasteiger partial charge in [-0.15, -0.1) is 0 Å². The molecule has 2 fully saturated rings. The van der Waals surface area contributed by atoms with Crippen LogP contribution in [0.1, 0.15) is 16.7 Å². The number of hydrogen-bond donors (Lipinski definition) is 3. The molecule has 2 saturated heterocycles. The van der Waals surface area contributed by atoms with E-state index in [1.165, 1.54) is 4.90 Å². The minimum atomic E-state index is -1.36. The molecule has 200 valence electrons. The third-order valence-electron chi connectivity index (χ3n) is 8.86. The number of aryl methyl sites for hydroxylation is 1. The zero-order valence-electron chi connectivity index (χ0n) is 21.7. The van der Waals surface area contributed by atoms with Crippen molar-refractivity contribution >= 4 is 40.0 Å². The Morgan fingerprint density at radius 3 is 2.65 bits per heavy atom. The molecule has 1 spiro atoms. The fourth-order valence-corrected chi connectivity index (χ4v) is 7.11. The Bertz CT molecular complexity index is 1760. The first kappa shape index (κ1) is 23.3. The number of nitrogens with zero attached hydrogens (tertiary/aromatic N) is 1. The number of amides is 3. The van der Waals surface area contributed by atoms with E-state index in [0.717, 1.165) is 22.0 Å². The molecule has 5 heterocycles. The van der Waals surface area contributed by atoms with Gasteiger partial charge in [-0.3, -0.25) is 19.7 Å². The number of imide groups is 1. The second kappa shape index (κ2) is 8.19. The number of fused-ring (bicyclic) bond motifs is 6. The fourth-order valence-electron chi connectivity index (χ4n) is 7.11. The van der Waals surface area contributed by atoms with Crippen molar-refractivity contribution in [2.24, 2.45) is 11.8 Å². The van der Waals surface area contributed by atoms with E-state index < -0.39 is 29.3 Å². The normalized spacial score (nSPS) is 26.5. The van der Waals surface area contributed by atoms with E-state index in [0.29, 0.717) is 48.1 Å². The van der Waals surface area contributed by atoms with Crippen molar-refractivity contribution in [3.05, 3.63) is 83.6 Å². The molecule has 4 aromatic rings. The van der Waals surface area contributed by atoms with Gasteiger partial charge in [0.25, 0.3) is 0 Å². The second-order valence-electron chi connectivity index (χ2n) is 10.9. The maximum absolute atomic E-state index is 14.3. The highest BCUT2D eigenvalue weighted by Gasteiger charge is 2.70. The van der Waals surface area contributed by atoms with Gasteiger partial charge in [-0.1, -0.05) is 36.4 Å². The molecule has 8 rings (SSSR count). The lowest BCUT2D eigenvalue weighted by atomic mass is 9.76. The summed E-state index contributed by atoms with van der Waals surface area (Å²) in [5, 5.41) is 7.62. The van der Waals surface area contributed by atoms with Crippen molar-refractivity contribution in [2.45, 2.75) is 24.9 Å². The Balaban J connectivity index is 1.27. The number of benzene rings is 3. The van der Waals surface area contributed by atoms with Crippen molar-refractivity contribution in [3.63, 3.8) is 0 Å². The van der Waals surface area contributed by atoms with Crippen molar-refractivity contribution in [2.75, 3.05) is 23.4 Å². The molecule has 9 nitrogen and oxygen atoms in total. The van der Waals surface area contributed by atoms with Crippen molar-refractivity contribution in [1.82, 2.24) is 10.3 Å². The summed E-state index contributed by atoms with van der Waals surface area (Å²) in [6.07, 6.45) is 2.41. The molecule has 4 atom stereocenters. The summed E-state index contributed by atoms with van der Waals surface area (Å²) in [6.45, 7) is 2.76. The molecular formula is C31H26N4O5. The van der Waals surface area contributed by atoms with Crippen LogP contribution in [0.4, 0.5) is 11.4 Å². The first-order valence-electron chi connectivity index (χ1n) is 13.5. The Labute approximate surface area is 229 Å². The van der Waals surface area contributed by atoms with Gasteiger partial charge < -0.3 is 19.8 Å². The molecule has 40 heavy (non-hydrogen) atoms. The summed E-state index contributed by atoms with van der Waals surface area (Å²) in [5.74, 6) is -1.62. The average molecular weight is 535 g/mol. The van der Waals surface area contributed by atoms with E-state index in [-0.39, 0.29) is 11.8 Å². The summed E-state index contributed by atoms with van der Waals surface area (Å²) in [6, 6.07) is 18.3. The van der Waals surface area contributed by atoms with Gasteiger partial charge in [-0.2, -0.15) is 0 Å². The quantitative estimate of drug-likeness (QED) is 0.347. The number of aromatic amines is 1. The zero-order valence-corrected chi connectivity index (χ0v) is 21.7. The van der Waals surface area contributed by atoms with Gasteiger partial charge in [-0.05, 0) is 42.7 Å². The molecule has 0 bridgehead atoms. The van der Waals surface area contributed by atoms with Gasteiger partial charge in [0.1, 0.15) is 18.8 Å². The number of hydrogen-bond acceptors (Lipinski definition) is 6. The lowest BCUT2D eigenvalue weighted by Gasteiger charge is -2.30. The largest absolute Gasteiger partial charge is 0.486 e. The van der Waals surface area contributed by atoms with E-state index in [2.05, 4.69) is 15.6 Å². The highest BCUT2D eigenvalue weighted by Crippen LogP contribution is 2.54. The molecule has 0 saturated carbocycles. The molecule has 4 aliphatic heterocycles. The van der Waals surface area contributed by atoms with E-state index in [1.807, 2.05) is 55.6 Å². The van der Waals surface area contributed by atoms with Gasteiger partial charge in [0.2, 0.25) is 17.7 Å². The average Bonchev–Trinajstić information content (AvgIpc) is 3.68. The number of H-pyrrole nitrogens is 1. The summed E-state index contributed by atoms with van der Waals surface area (Å²) < 4.78 is 11.4. The van der Waals surface area contributed by atoms with E-state index >= 15 is 0 Å². The summed E-state index contributed by atoms with van der Waals surface area (Å²) in [4.78, 5) is 47.0. The van der Waals surface area contributed by atoms with Crippen LogP contribution in [0.25, 0.3) is 10.9 Å². The van der Waals surface area contributed by atoms with E-state index in [4.69, 9.17) is 9.47 Å². The van der Waals surface area contributed by atoms with Crippen LogP contribution in [0, 0.1) is 18.8 Å². The molecule has 1 aromatic heterocycles. The molecule has 4 aliphatic rings. The van der Waals surface area contributed by atoms with Crippen LogP contribution in [0.15, 0.2) is 66.9 Å². The molecule has 0 radical (unpaired) electrons. The van der Waals surface area contributed by atoms with Gasteiger partial charge in [-0.25, -0.2) is 4.90 Å². The lowest BCUT2D eigenvalue weighted by Crippen LogP contribution is -2.53. The van der Waals surface area contributed by atoms with Crippen LogP contribution in [-0.2, 0) is 26.3 Å². The Hall–Kier alpha value is -4.63. The first-order chi connectivity index (χ1) is 19.5. The maximum atomic E-state index is 14.3. The number of para-hydroxylation sites is 2. The number of ether oxygens (including phenoxy) is 2. The molecule has 0 unspecified atom stereocenters. The second-order valence-corrected chi connectivity index (χ2v) is 10.9. The van der Waals surface area contributed by atoms with Crippen LogP contribution in [0.5, 0.6) is 11.5 Å². The van der Waals surface area contributed by atoms with Crippen LogP contribution >= 0.6 is 0 Å². The number of rotatable bonds is 3. The van der Waals surface area contributed by atoms with Gasteiger partial charge in [0, 0.05) is 40.5 Å². The van der Waals surface area contributed by atoms with Crippen LogP contribution in [0.3, 0.4) is 0 Å². The Morgan fingerprint density at radius 1 is 0.950 bits per heavy atom. The first-order valence-corrected chi connectivity index (χ1v) is 13.5. The number of aromatic nitrogens is 1. The smallest absolute Gasteiger partial charge is 0.250 e. The zero-order chi connectivity index (χ0) is 27.2. The highest BCUT2D eigenvalue weighted by molar-refractivity contribution is 6.26.